The molecule has 2 rings (SSSR count). The van der Waals surface area contributed by atoms with Gasteiger partial charge in [0.05, 0.1) is 11.6 Å². The lowest BCUT2D eigenvalue weighted by molar-refractivity contribution is 0.178. The fourth-order valence-corrected chi connectivity index (χ4v) is 2.71. The predicted octanol–water partition coefficient (Wildman–Crippen LogP) is 1.34. The summed E-state index contributed by atoms with van der Waals surface area (Å²) < 4.78 is 0. The van der Waals surface area contributed by atoms with Crippen LogP contribution < -0.4 is 10.2 Å². The van der Waals surface area contributed by atoms with Crippen molar-refractivity contribution >= 4 is 23.4 Å². The van der Waals surface area contributed by atoms with Gasteiger partial charge in [0.25, 0.3) is 0 Å². The lowest BCUT2D eigenvalue weighted by atomic mass is 10.3. The Morgan fingerprint density at radius 2 is 2.48 bits per heavy atom. The highest BCUT2D eigenvalue weighted by molar-refractivity contribution is 6.32. The summed E-state index contributed by atoms with van der Waals surface area (Å²) in [4.78, 5) is 20.0. The second-order valence-electron chi connectivity index (χ2n) is 4.99. The van der Waals surface area contributed by atoms with Crippen LogP contribution in [0, 0.1) is 0 Å². The monoisotopic (exact) mass is 312 g/mol. The number of aromatic nitrogens is 1. The Morgan fingerprint density at radius 3 is 3.14 bits per heavy atom. The quantitative estimate of drug-likeness (QED) is 0.861. The van der Waals surface area contributed by atoms with Crippen LogP contribution in [-0.4, -0.2) is 59.8 Å². The molecule has 2 amide bonds. The fraction of sp³-hybridized carbons (Fsp3) is 0.571. The molecule has 0 aliphatic carbocycles. The minimum atomic E-state index is -0.134. The van der Waals surface area contributed by atoms with Crippen molar-refractivity contribution < 1.29 is 9.90 Å². The normalized spacial score (nSPS) is 17.9. The van der Waals surface area contributed by atoms with E-state index in [1.807, 2.05) is 13.0 Å². The molecule has 0 aromatic carbocycles. The van der Waals surface area contributed by atoms with Gasteiger partial charge in [-0.1, -0.05) is 11.6 Å². The number of pyridine rings is 1. The minimum Gasteiger partial charge on any atom is -0.395 e. The third-order valence-electron chi connectivity index (χ3n) is 3.59. The minimum absolute atomic E-state index is 0.0262. The first-order chi connectivity index (χ1) is 10.2. The predicted molar refractivity (Wildman–Crippen MR) is 82.7 cm³/mol. The van der Waals surface area contributed by atoms with Gasteiger partial charge in [0, 0.05) is 38.4 Å². The van der Waals surface area contributed by atoms with Crippen LogP contribution in [0.2, 0.25) is 5.02 Å². The summed E-state index contributed by atoms with van der Waals surface area (Å²) in [5.41, 5.74) is 0. The van der Waals surface area contributed by atoms with Crippen molar-refractivity contribution in [1.29, 1.82) is 0 Å². The SMILES string of the molecule is CCN(CCO)C(=O)NC1CCN(c2ncccc2Cl)C1. The van der Waals surface area contributed by atoms with E-state index in [-0.39, 0.29) is 18.7 Å². The fourth-order valence-electron chi connectivity index (χ4n) is 2.47. The molecule has 7 heteroatoms. The van der Waals surface area contributed by atoms with Crippen molar-refractivity contribution in [3.8, 4) is 0 Å². The van der Waals surface area contributed by atoms with E-state index in [2.05, 4.69) is 15.2 Å². The number of anilines is 1. The van der Waals surface area contributed by atoms with Gasteiger partial charge in [0.15, 0.2) is 0 Å². The number of carbonyl (C=O) groups is 1. The van der Waals surface area contributed by atoms with E-state index in [0.29, 0.717) is 24.7 Å². The number of halogens is 1. The van der Waals surface area contributed by atoms with Crippen molar-refractivity contribution in [2.75, 3.05) is 37.7 Å². The number of likely N-dealkylation sites (N-methyl/N-ethyl adjacent to an activating group) is 1. The highest BCUT2D eigenvalue weighted by Gasteiger charge is 2.27. The summed E-state index contributed by atoms with van der Waals surface area (Å²) in [6, 6.07) is 3.55. The molecule has 1 fully saturated rings. The summed E-state index contributed by atoms with van der Waals surface area (Å²) in [6.07, 6.45) is 2.57. The Morgan fingerprint density at radius 1 is 1.67 bits per heavy atom. The van der Waals surface area contributed by atoms with Gasteiger partial charge in [-0.25, -0.2) is 9.78 Å². The van der Waals surface area contributed by atoms with Crippen LogP contribution in [0.25, 0.3) is 0 Å². The number of urea groups is 1. The molecule has 116 valence electrons. The van der Waals surface area contributed by atoms with E-state index in [4.69, 9.17) is 16.7 Å². The van der Waals surface area contributed by atoms with Crippen LogP contribution in [0.15, 0.2) is 18.3 Å². The number of carbonyl (C=O) groups excluding carboxylic acids is 1. The van der Waals surface area contributed by atoms with E-state index >= 15 is 0 Å². The molecular weight excluding hydrogens is 292 g/mol. The van der Waals surface area contributed by atoms with Gasteiger partial charge >= 0.3 is 6.03 Å². The maximum absolute atomic E-state index is 12.1. The molecule has 1 atom stereocenters. The number of hydrogen-bond acceptors (Lipinski definition) is 4. The Bertz CT molecular complexity index is 486. The van der Waals surface area contributed by atoms with Crippen molar-refractivity contribution in [3.05, 3.63) is 23.4 Å². The molecule has 0 bridgehead atoms. The smallest absolute Gasteiger partial charge is 0.317 e. The second-order valence-corrected chi connectivity index (χ2v) is 5.40. The molecule has 1 aliphatic heterocycles. The Kier molecular flexibility index (Phi) is 5.64. The molecule has 1 aromatic rings. The lowest BCUT2D eigenvalue weighted by Crippen LogP contribution is -2.46. The van der Waals surface area contributed by atoms with Gasteiger partial charge in [-0.2, -0.15) is 0 Å². The van der Waals surface area contributed by atoms with Gasteiger partial charge in [-0.05, 0) is 25.5 Å². The van der Waals surface area contributed by atoms with E-state index in [1.54, 1.807) is 17.2 Å². The summed E-state index contributed by atoms with van der Waals surface area (Å²) in [7, 11) is 0. The van der Waals surface area contributed by atoms with E-state index in [9.17, 15) is 4.79 Å². The highest BCUT2D eigenvalue weighted by Crippen LogP contribution is 2.25. The maximum atomic E-state index is 12.1. The molecule has 0 radical (unpaired) electrons. The molecule has 6 nitrogen and oxygen atoms in total. The third-order valence-corrected chi connectivity index (χ3v) is 3.89. The summed E-state index contributed by atoms with van der Waals surface area (Å²) in [6.45, 7) is 4.30. The number of nitrogens with one attached hydrogen (secondary N) is 1. The second kappa shape index (κ2) is 7.47. The molecule has 1 aliphatic rings. The summed E-state index contributed by atoms with van der Waals surface area (Å²) in [5, 5.41) is 12.6. The van der Waals surface area contributed by atoms with Gasteiger partial charge in [-0.3, -0.25) is 0 Å². The van der Waals surface area contributed by atoms with E-state index in [0.717, 1.165) is 18.8 Å². The van der Waals surface area contributed by atoms with E-state index < -0.39 is 0 Å². The van der Waals surface area contributed by atoms with Crippen LogP contribution in [0.4, 0.5) is 10.6 Å². The zero-order valence-electron chi connectivity index (χ0n) is 12.1. The highest BCUT2D eigenvalue weighted by atomic mass is 35.5. The van der Waals surface area contributed by atoms with Gasteiger partial charge in [0.1, 0.15) is 5.82 Å². The molecule has 1 unspecified atom stereocenters. The topological polar surface area (TPSA) is 68.7 Å². The Balaban J connectivity index is 1.91. The van der Waals surface area contributed by atoms with Crippen LogP contribution in [0.5, 0.6) is 0 Å². The standard InChI is InChI=1S/C14H21ClN4O2/c1-2-18(8-9-20)14(21)17-11-5-7-19(10-11)13-12(15)4-3-6-16-13/h3-4,6,11,20H,2,5,7-10H2,1H3,(H,17,21). The first-order valence-electron chi connectivity index (χ1n) is 7.17. The zero-order valence-corrected chi connectivity index (χ0v) is 12.9. The van der Waals surface area contributed by atoms with Crippen molar-refractivity contribution in [2.24, 2.45) is 0 Å². The lowest BCUT2D eigenvalue weighted by Gasteiger charge is -2.23. The van der Waals surface area contributed by atoms with Crippen LogP contribution in [0.1, 0.15) is 13.3 Å². The average molecular weight is 313 g/mol. The first-order valence-corrected chi connectivity index (χ1v) is 7.55. The van der Waals surface area contributed by atoms with Gasteiger partial charge in [-0.15, -0.1) is 0 Å². The van der Waals surface area contributed by atoms with Crippen LogP contribution in [-0.2, 0) is 0 Å². The van der Waals surface area contributed by atoms with Crippen molar-refractivity contribution in [2.45, 2.75) is 19.4 Å². The number of hydrogen-bond donors (Lipinski definition) is 2. The van der Waals surface area contributed by atoms with Crippen LogP contribution in [0.3, 0.4) is 0 Å². The molecule has 0 spiro atoms. The Labute approximate surface area is 129 Å². The molecule has 1 aromatic heterocycles. The summed E-state index contributed by atoms with van der Waals surface area (Å²) >= 11 is 6.14. The maximum Gasteiger partial charge on any atom is 0.317 e. The number of aliphatic hydroxyl groups excluding tert-OH is 1. The molecule has 2 N–H and O–H groups in total. The molecule has 21 heavy (non-hydrogen) atoms. The van der Waals surface area contributed by atoms with Crippen LogP contribution >= 0.6 is 11.6 Å². The van der Waals surface area contributed by atoms with Crippen molar-refractivity contribution in [1.82, 2.24) is 15.2 Å². The number of rotatable bonds is 5. The number of amides is 2. The van der Waals surface area contributed by atoms with Gasteiger partial charge < -0.3 is 20.2 Å². The molecular formula is C14H21ClN4O2. The Hall–Kier alpha value is -1.53. The molecule has 1 saturated heterocycles. The molecule has 2 heterocycles. The largest absolute Gasteiger partial charge is 0.395 e. The summed E-state index contributed by atoms with van der Waals surface area (Å²) in [5.74, 6) is 0.763. The average Bonchev–Trinajstić information content (AvgIpc) is 2.93. The first kappa shape index (κ1) is 15.9. The molecule has 0 saturated carbocycles. The zero-order chi connectivity index (χ0) is 15.2. The van der Waals surface area contributed by atoms with Crippen molar-refractivity contribution in [3.63, 3.8) is 0 Å². The number of nitrogens with zero attached hydrogens (tertiary/aromatic N) is 3. The van der Waals surface area contributed by atoms with Gasteiger partial charge in [0.2, 0.25) is 0 Å². The van der Waals surface area contributed by atoms with E-state index in [1.165, 1.54) is 0 Å². The third kappa shape index (κ3) is 3.98. The number of aliphatic hydroxyl groups is 1.